The zero-order chi connectivity index (χ0) is 16.1. The van der Waals surface area contributed by atoms with Crippen molar-refractivity contribution in [2.24, 2.45) is 5.92 Å². The fourth-order valence-electron chi connectivity index (χ4n) is 3.05. The number of unbranched alkanes of at least 4 members (excludes halogenated alkanes) is 2. The molecule has 1 saturated carbocycles. The highest BCUT2D eigenvalue weighted by atomic mass is 16.6. The summed E-state index contributed by atoms with van der Waals surface area (Å²) in [6, 6.07) is -0.332. The van der Waals surface area contributed by atoms with Crippen molar-refractivity contribution in [1.29, 1.82) is 0 Å². The van der Waals surface area contributed by atoms with Gasteiger partial charge in [-0.25, -0.2) is 4.79 Å². The van der Waals surface area contributed by atoms with Crippen LogP contribution < -0.4 is 5.32 Å². The van der Waals surface area contributed by atoms with E-state index < -0.39 is 36.3 Å². The number of hydrogen-bond donors (Lipinski definition) is 2. The first-order valence-electron chi connectivity index (χ1n) is 8.01. The highest BCUT2D eigenvalue weighted by Crippen LogP contribution is 2.33. The predicted molar refractivity (Wildman–Crippen MR) is 77.2 cm³/mol. The minimum atomic E-state index is -1.03. The number of aliphatic hydroxyl groups excluding tert-OH is 1. The number of esters is 1. The average molecular weight is 315 g/mol. The smallest absolute Gasteiger partial charge is 0.407 e. The van der Waals surface area contributed by atoms with Gasteiger partial charge < -0.3 is 24.6 Å². The minimum absolute atomic E-state index is 0.251. The molecular weight excluding hydrogens is 290 g/mol. The van der Waals surface area contributed by atoms with Crippen molar-refractivity contribution in [3.63, 3.8) is 0 Å². The molecule has 7 nitrogen and oxygen atoms in total. The second-order valence-corrected chi connectivity index (χ2v) is 5.75. The van der Waals surface area contributed by atoms with Crippen molar-refractivity contribution >= 4 is 12.1 Å². The molecule has 1 heterocycles. The van der Waals surface area contributed by atoms with Gasteiger partial charge in [-0.05, 0) is 19.8 Å². The SMILES string of the molecule is CCCCCO[C@H]1[C@@H](O)[C@@H](C(=O)OCC)C[C@H]2NC(=O)O[C@@H]12. The van der Waals surface area contributed by atoms with Gasteiger partial charge in [-0.15, -0.1) is 0 Å². The molecule has 1 amide bonds. The highest BCUT2D eigenvalue weighted by Gasteiger charge is 2.53. The standard InChI is InChI=1S/C15H25NO6/c1-3-5-6-7-21-13-11(17)9(14(18)20-4-2)8-10-12(13)22-15(19)16-10/h9-13,17H,3-8H2,1-2H3,(H,16,19)/t9-,10+,11-,12+,13-/m0/s1. The summed E-state index contributed by atoms with van der Waals surface area (Å²) in [4.78, 5) is 23.5. The van der Waals surface area contributed by atoms with Crippen molar-refractivity contribution in [3.8, 4) is 0 Å². The third-order valence-electron chi connectivity index (χ3n) is 4.17. The van der Waals surface area contributed by atoms with Crippen molar-refractivity contribution in [2.45, 2.75) is 63.9 Å². The number of hydrogen-bond acceptors (Lipinski definition) is 6. The molecule has 1 saturated heterocycles. The molecule has 22 heavy (non-hydrogen) atoms. The molecule has 126 valence electrons. The number of carbonyl (C=O) groups is 2. The number of carbonyl (C=O) groups excluding carboxylic acids is 2. The van der Waals surface area contributed by atoms with Gasteiger partial charge in [0.2, 0.25) is 0 Å². The molecule has 5 atom stereocenters. The van der Waals surface area contributed by atoms with Crippen molar-refractivity contribution < 1.29 is 28.9 Å². The zero-order valence-corrected chi connectivity index (χ0v) is 13.1. The normalized spacial score (nSPS) is 33.8. The summed E-state index contributed by atoms with van der Waals surface area (Å²) in [6.45, 7) is 4.52. The molecular formula is C15H25NO6. The fraction of sp³-hybridized carbons (Fsp3) is 0.867. The lowest BCUT2D eigenvalue weighted by atomic mass is 9.79. The predicted octanol–water partition coefficient (Wildman–Crippen LogP) is 0.983. The molecule has 2 N–H and O–H groups in total. The third-order valence-corrected chi connectivity index (χ3v) is 4.17. The Morgan fingerprint density at radius 1 is 1.41 bits per heavy atom. The van der Waals surface area contributed by atoms with Gasteiger partial charge in [-0.1, -0.05) is 19.8 Å². The first-order chi connectivity index (χ1) is 10.6. The van der Waals surface area contributed by atoms with Crippen LogP contribution in [0, 0.1) is 5.92 Å². The summed E-state index contributed by atoms with van der Waals surface area (Å²) in [5.74, 6) is -1.17. The summed E-state index contributed by atoms with van der Waals surface area (Å²) in [6.07, 6.45) is 0.413. The van der Waals surface area contributed by atoms with Gasteiger partial charge in [-0.2, -0.15) is 0 Å². The Kier molecular flexibility index (Phi) is 6.02. The maximum Gasteiger partial charge on any atom is 0.407 e. The number of nitrogens with one attached hydrogen (secondary N) is 1. The molecule has 2 rings (SSSR count). The van der Waals surface area contributed by atoms with E-state index in [9.17, 15) is 14.7 Å². The van der Waals surface area contributed by atoms with Crippen LogP contribution in [0.2, 0.25) is 0 Å². The van der Waals surface area contributed by atoms with E-state index in [4.69, 9.17) is 14.2 Å². The number of alkyl carbamates (subject to hydrolysis) is 1. The molecule has 2 aliphatic rings. The number of ether oxygens (including phenoxy) is 3. The van der Waals surface area contributed by atoms with E-state index in [1.807, 2.05) is 0 Å². The van der Waals surface area contributed by atoms with Gasteiger partial charge >= 0.3 is 12.1 Å². The van der Waals surface area contributed by atoms with Crippen LogP contribution in [0.4, 0.5) is 4.79 Å². The van der Waals surface area contributed by atoms with Gasteiger partial charge in [-0.3, -0.25) is 4.79 Å². The zero-order valence-electron chi connectivity index (χ0n) is 13.1. The van der Waals surface area contributed by atoms with E-state index in [0.717, 1.165) is 19.3 Å². The monoisotopic (exact) mass is 315 g/mol. The topological polar surface area (TPSA) is 94.1 Å². The molecule has 2 fully saturated rings. The lowest BCUT2D eigenvalue weighted by molar-refractivity contribution is -0.172. The second kappa shape index (κ2) is 7.78. The molecule has 0 radical (unpaired) electrons. The Labute approximate surface area is 130 Å². The summed E-state index contributed by atoms with van der Waals surface area (Å²) in [5, 5.41) is 13.1. The molecule has 1 aliphatic carbocycles. The average Bonchev–Trinajstić information content (AvgIpc) is 2.85. The number of fused-ring (bicyclic) bond motifs is 1. The number of aliphatic hydroxyl groups is 1. The molecule has 0 bridgehead atoms. The van der Waals surface area contributed by atoms with E-state index in [0.29, 0.717) is 13.0 Å². The van der Waals surface area contributed by atoms with Crippen LogP contribution in [-0.2, 0) is 19.0 Å². The Morgan fingerprint density at radius 3 is 2.86 bits per heavy atom. The maximum absolute atomic E-state index is 12.0. The van der Waals surface area contributed by atoms with Crippen molar-refractivity contribution in [1.82, 2.24) is 5.32 Å². The lowest BCUT2D eigenvalue weighted by Gasteiger charge is -2.38. The number of amides is 1. The Bertz CT molecular complexity index is 401. The summed E-state index contributed by atoms with van der Waals surface area (Å²) in [7, 11) is 0. The Balaban J connectivity index is 2.04. The van der Waals surface area contributed by atoms with Gasteiger partial charge in [0.05, 0.1) is 24.7 Å². The molecule has 0 spiro atoms. The van der Waals surface area contributed by atoms with Gasteiger partial charge in [0.25, 0.3) is 0 Å². The van der Waals surface area contributed by atoms with E-state index in [2.05, 4.69) is 12.2 Å². The maximum atomic E-state index is 12.0. The lowest BCUT2D eigenvalue weighted by Crippen LogP contribution is -2.57. The third kappa shape index (κ3) is 3.70. The van der Waals surface area contributed by atoms with Crippen LogP contribution in [-0.4, -0.2) is 54.7 Å². The molecule has 0 aromatic heterocycles. The molecule has 0 unspecified atom stereocenters. The summed E-state index contributed by atoms with van der Waals surface area (Å²) >= 11 is 0. The highest BCUT2D eigenvalue weighted by molar-refractivity contribution is 5.75. The van der Waals surface area contributed by atoms with Crippen LogP contribution in [0.1, 0.15) is 39.5 Å². The van der Waals surface area contributed by atoms with Crippen LogP contribution in [0.5, 0.6) is 0 Å². The largest absolute Gasteiger partial charge is 0.466 e. The van der Waals surface area contributed by atoms with Crippen molar-refractivity contribution in [2.75, 3.05) is 13.2 Å². The molecule has 1 aliphatic heterocycles. The quantitative estimate of drug-likeness (QED) is 0.537. The minimum Gasteiger partial charge on any atom is -0.466 e. The first-order valence-corrected chi connectivity index (χ1v) is 8.01. The molecule has 0 aromatic rings. The fourth-order valence-corrected chi connectivity index (χ4v) is 3.05. The van der Waals surface area contributed by atoms with Crippen LogP contribution in [0.25, 0.3) is 0 Å². The summed E-state index contributed by atoms with van der Waals surface area (Å²) < 4.78 is 16.0. The van der Waals surface area contributed by atoms with E-state index in [-0.39, 0.29) is 12.6 Å². The first kappa shape index (κ1) is 17.0. The van der Waals surface area contributed by atoms with Gasteiger partial charge in [0.1, 0.15) is 6.10 Å². The van der Waals surface area contributed by atoms with E-state index >= 15 is 0 Å². The van der Waals surface area contributed by atoms with Crippen molar-refractivity contribution in [3.05, 3.63) is 0 Å². The molecule has 0 aromatic carbocycles. The second-order valence-electron chi connectivity index (χ2n) is 5.75. The van der Waals surface area contributed by atoms with Crippen LogP contribution in [0.3, 0.4) is 0 Å². The van der Waals surface area contributed by atoms with Gasteiger partial charge in [0.15, 0.2) is 6.10 Å². The molecule has 7 heteroatoms. The van der Waals surface area contributed by atoms with Gasteiger partial charge in [0, 0.05) is 6.61 Å². The Morgan fingerprint density at radius 2 is 2.18 bits per heavy atom. The summed E-state index contributed by atoms with van der Waals surface area (Å²) in [5.41, 5.74) is 0. The van der Waals surface area contributed by atoms with E-state index in [1.54, 1.807) is 6.92 Å². The van der Waals surface area contributed by atoms with Crippen LogP contribution >= 0.6 is 0 Å². The van der Waals surface area contributed by atoms with E-state index in [1.165, 1.54) is 0 Å². The Hall–Kier alpha value is -1.34. The van der Waals surface area contributed by atoms with Crippen LogP contribution in [0.15, 0.2) is 0 Å². The number of rotatable bonds is 7.